The molecule has 0 aromatic heterocycles. The van der Waals surface area contributed by atoms with Crippen LogP contribution in [0.3, 0.4) is 0 Å². The molecule has 21 heavy (non-hydrogen) atoms. The fraction of sp³-hybridized carbons (Fsp3) is 0.533. The molecule has 0 spiro atoms. The zero-order valence-corrected chi connectivity index (χ0v) is 13.2. The number of hydrogen-bond acceptors (Lipinski definition) is 1. The zero-order chi connectivity index (χ0) is 15.6. The van der Waals surface area contributed by atoms with Gasteiger partial charge in [-0.2, -0.15) is 13.2 Å². The minimum Gasteiger partial charge on any atom is -0.349 e. The number of benzene rings is 1. The van der Waals surface area contributed by atoms with Crippen LogP contribution in [0.25, 0.3) is 0 Å². The monoisotopic (exact) mass is 363 g/mol. The van der Waals surface area contributed by atoms with Gasteiger partial charge in [-0.3, -0.25) is 4.79 Å². The van der Waals surface area contributed by atoms with E-state index in [1.54, 1.807) is 6.07 Å². The van der Waals surface area contributed by atoms with Crippen LogP contribution < -0.4 is 5.32 Å². The van der Waals surface area contributed by atoms with E-state index in [0.717, 1.165) is 5.56 Å². The molecule has 1 saturated carbocycles. The molecule has 1 aliphatic rings. The molecule has 1 aromatic carbocycles. The zero-order valence-electron chi connectivity index (χ0n) is 11.6. The van der Waals surface area contributed by atoms with Gasteiger partial charge in [-0.25, -0.2) is 0 Å². The van der Waals surface area contributed by atoms with Crippen LogP contribution in [-0.4, -0.2) is 18.1 Å². The third-order valence-corrected chi connectivity index (χ3v) is 4.55. The Morgan fingerprint density at radius 1 is 1.24 bits per heavy atom. The molecule has 2 nitrogen and oxygen atoms in total. The Hall–Kier alpha value is -1.04. The maximum Gasteiger partial charge on any atom is 0.391 e. The van der Waals surface area contributed by atoms with Gasteiger partial charge in [-0.15, -0.1) is 0 Å². The lowest BCUT2D eigenvalue weighted by Gasteiger charge is -2.30. The summed E-state index contributed by atoms with van der Waals surface area (Å²) in [7, 11) is 0. The predicted molar refractivity (Wildman–Crippen MR) is 78.1 cm³/mol. The van der Waals surface area contributed by atoms with E-state index in [0.29, 0.717) is 22.9 Å². The van der Waals surface area contributed by atoms with Gasteiger partial charge in [-0.05, 0) is 66.2 Å². The Bertz CT molecular complexity index is 522. The van der Waals surface area contributed by atoms with Crippen molar-refractivity contribution in [2.45, 2.75) is 44.8 Å². The topological polar surface area (TPSA) is 29.1 Å². The normalized spacial score (nSPS) is 22.9. The molecule has 1 aliphatic carbocycles. The molecule has 0 unspecified atom stereocenters. The van der Waals surface area contributed by atoms with E-state index >= 15 is 0 Å². The van der Waals surface area contributed by atoms with E-state index in [4.69, 9.17) is 0 Å². The number of carbonyl (C=O) groups excluding carboxylic acids is 1. The van der Waals surface area contributed by atoms with E-state index in [-0.39, 0.29) is 24.8 Å². The second-order valence-corrected chi connectivity index (χ2v) is 6.40. The molecular formula is C15H17BrF3NO. The van der Waals surface area contributed by atoms with Crippen molar-refractivity contribution in [3.63, 3.8) is 0 Å². The maximum atomic E-state index is 12.6. The van der Waals surface area contributed by atoms with E-state index in [2.05, 4.69) is 21.2 Å². The van der Waals surface area contributed by atoms with Gasteiger partial charge in [0.2, 0.25) is 0 Å². The van der Waals surface area contributed by atoms with Gasteiger partial charge in [0.25, 0.3) is 5.91 Å². The minimum atomic E-state index is -4.12. The number of amides is 1. The van der Waals surface area contributed by atoms with Gasteiger partial charge in [-0.1, -0.05) is 6.07 Å². The average Bonchev–Trinajstić information content (AvgIpc) is 2.38. The Labute approximate surface area is 130 Å². The molecule has 0 atom stereocenters. The summed E-state index contributed by atoms with van der Waals surface area (Å²) in [6.45, 7) is 1.92. The molecule has 116 valence electrons. The lowest BCUT2D eigenvalue weighted by molar-refractivity contribution is -0.182. The first-order valence-corrected chi connectivity index (χ1v) is 7.70. The van der Waals surface area contributed by atoms with Gasteiger partial charge >= 0.3 is 6.18 Å². The van der Waals surface area contributed by atoms with Gasteiger partial charge in [0, 0.05) is 10.5 Å². The summed E-state index contributed by atoms with van der Waals surface area (Å²) in [5.74, 6) is -1.46. The largest absolute Gasteiger partial charge is 0.391 e. The quantitative estimate of drug-likeness (QED) is 0.816. The maximum absolute atomic E-state index is 12.6. The molecule has 6 heteroatoms. The van der Waals surface area contributed by atoms with Crippen LogP contribution in [0, 0.1) is 12.8 Å². The van der Waals surface area contributed by atoms with Crippen LogP contribution in [0.5, 0.6) is 0 Å². The second-order valence-electron chi connectivity index (χ2n) is 5.55. The van der Waals surface area contributed by atoms with E-state index in [9.17, 15) is 18.0 Å². The van der Waals surface area contributed by atoms with Gasteiger partial charge in [0.1, 0.15) is 0 Å². The van der Waals surface area contributed by atoms with E-state index < -0.39 is 12.1 Å². The van der Waals surface area contributed by atoms with Crippen LogP contribution in [-0.2, 0) is 0 Å². The Morgan fingerprint density at radius 2 is 1.86 bits per heavy atom. The average molecular weight is 364 g/mol. The van der Waals surface area contributed by atoms with Crippen molar-refractivity contribution in [3.05, 3.63) is 33.8 Å². The van der Waals surface area contributed by atoms with Crippen LogP contribution in [0.4, 0.5) is 13.2 Å². The fourth-order valence-corrected chi connectivity index (χ4v) is 3.31. The SMILES string of the molecule is Cc1ccc(C(=O)NC2CCC(C(F)(F)F)CC2)c(Br)c1. The first-order chi connectivity index (χ1) is 9.77. The number of aryl methyl sites for hydroxylation is 1. The summed E-state index contributed by atoms with van der Waals surface area (Å²) >= 11 is 3.34. The number of carbonyl (C=O) groups is 1. The lowest BCUT2D eigenvalue weighted by Crippen LogP contribution is -2.40. The van der Waals surface area contributed by atoms with Gasteiger partial charge < -0.3 is 5.32 Å². The highest BCUT2D eigenvalue weighted by Crippen LogP contribution is 2.37. The van der Waals surface area contributed by atoms with Crippen molar-refractivity contribution in [2.75, 3.05) is 0 Å². The Balaban J connectivity index is 1.93. The molecular weight excluding hydrogens is 347 g/mol. The summed E-state index contributed by atoms with van der Waals surface area (Å²) in [6, 6.07) is 5.22. The minimum absolute atomic E-state index is 0.0868. The number of rotatable bonds is 2. The van der Waals surface area contributed by atoms with E-state index in [1.165, 1.54) is 0 Å². The van der Waals surface area contributed by atoms with Crippen LogP contribution in [0.15, 0.2) is 22.7 Å². The fourth-order valence-electron chi connectivity index (χ4n) is 2.63. The third-order valence-electron chi connectivity index (χ3n) is 3.89. The molecule has 1 N–H and O–H groups in total. The van der Waals surface area contributed by atoms with Crippen molar-refractivity contribution in [1.29, 1.82) is 0 Å². The molecule has 2 rings (SSSR count). The van der Waals surface area contributed by atoms with Crippen molar-refractivity contribution >= 4 is 21.8 Å². The Morgan fingerprint density at radius 3 is 2.38 bits per heavy atom. The molecule has 0 radical (unpaired) electrons. The highest BCUT2D eigenvalue weighted by Gasteiger charge is 2.41. The van der Waals surface area contributed by atoms with Crippen LogP contribution in [0.1, 0.15) is 41.6 Å². The van der Waals surface area contributed by atoms with Gasteiger partial charge in [0.15, 0.2) is 0 Å². The summed E-state index contributed by atoms with van der Waals surface area (Å²) in [4.78, 5) is 12.2. The number of alkyl halides is 3. The van der Waals surface area contributed by atoms with Crippen molar-refractivity contribution in [1.82, 2.24) is 5.32 Å². The highest BCUT2D eigenvalue weighted by molar-refractivity contribution is 9.10. The second kappa shape index (κ2) is 6.38. The summed E-state index contributed by atoms with van der Waals surface area (Å²) in [6.07, 6.45) is -3.19. The van der Waals surface area contributed by atoms with Crippen molar-refractivity contribution in [2.24, 2.45) is 5.92 Å². The van der Waals surface area contributed by atoms with Crippen molar-refractivity contribution in [3.8, 4) is 0 Å². The summed E-state index contributed by atoms with van der Waals surface area (Å²) in [5.41, 5.74) is 1.54. The molecule has 1 amide bonds. The van der Waals surface area contributed by atoms with Gasteiger partial charge in [0.05, 0.1) is 11.5 Å². The molecule has 0 heterocycles. The van der Waals surface area contributed by atoms with Crippen LogP contribution >= 0.6 is 15.9 Å². The molecule has 1 aromatic rings. The molecule has 1 fully saturated rings. The smallest absolute Gasteiger partial charge is 0.349 e. The first-order valence-electron chi connectivity index (χ1n) is 6.91. The number of halogens is 4. The Kier molecular flexibility index (Phi) is 4.96. The summed E-state index contributed by atoms with van der Waals surface area (Å²) < 4.78 is 38.5. The first kappa shape index (κ1) is 16.3. The summed E-state index contributed by atoms with van der Waals surface area (Å²) in [5, 5.41) is 2.83. The number of nitrogens with one attached hydrogen (secondary N) is 1. The molecule has 0 aliphatic heterocycles. The molecule has 0 saturated heterocycles. The lowest BCUT2D eigenvalue weighted by atomic mass is 9.85. The standard InChI is InChI=1S/C15H17BrF3NO/c1-9-2-7-12(13(16)8-9)14(21)20-11-5-3-10(4-6-11)15(17,18)19/h2,7-8,10-11H,3-6H2,1H3,(H,20,21). The van der Waals surface area contributed by atoms with Crippen molar-refractivity contribution < 1.29 is 18.0 Å². The highest BCUT2D eigenvalue weighted by atomic mass is 79.9. The number of hydrogen-bond donors (Lipinski definition) is 1. The van der Waals surface area contributed by atoms with E-state index in [1.807, 2.05) is 19.1 Å². The predicted octanol–water partition coefficient (Wildman–Crippen LogP) is 4.61. The van der Waals surface area contributed by atoms with Crippen LogP contribution in [0.2, 0.25) is 0 Å². The molecule has 0 bridgehead atoms. The third kappa shape index (κ3) is 4.22.